The molecule has 0 unspecified atom stereocenters. The SMILES string of the molecule is Cc1ccc(-c2ccc(CNC34CC5CC(CC(C5)C3)C4)o2)c(C)c1. The summed E-state index contributed by atoms with van der Waals surface area (Å²) in [5.74, 6) is 5.04. The van der Waals surface area contributed by atoms with E-state index in [0.717, 1.165) is 35.8 Å². The first-order valence-electron chi connectivity index (χ1n) is 10.00. The van der Waals surface area contributed by atoms with E-state index in [1.54, 1.807) is 0 Å². The minimum Gasteiger partial charge on any atom is -0.460 e. The van der Waals surface area contributed by atoms with Crippen LogP contribution in [0.4, 0.5) is 0 Å². The molecule has 25 heavy (non-hydrogen) atoms. The van der Waals surface area contributed by atoms with Crippen LogP contribution in [0.5, 0.6) is 0 Å². The summed E-state index contributed by atoms with van der Waals surface area (Å²) >= 11 is 0. The Bertz CT molecular complexity index is 752. The maximum absolute atomic E-state index is 6.19. The topological polar surface area (TPSA) is 25.2 Å². The summed E-state index contributed by atoms with van der Waals surface area (Å²) in [5.41, 5.74) is 4.21. The molecule has 2 aromatic rings. The Morgan fingerprint density at radius 2 is 1.64 bits per heavy atom. The molecule has 4 bridgehead atoms. The third-order valence-corrected chi connectivity index (χ3v) is 6.98. The Hall–Kier alpha value is -1.54. The molecule has 4 aliphatic carbocycles. The lowest BCUT2D eigenvalue weighted by molar-refractivity contribution is -0.0213. The second-order valence-electron chi connectivity index (χ2n) is 9.14. The van der Waals surface area contributed by atoms with E-state index in [0.29, 0.717) is 5.54 Å². The second-order valence-corrected chi connectivity index (χ2v) is 9.14. The molecule has 0 radical (unpaired) electrons. The van der Waals surface area contributed by atoms with E-state index in [1.807, 2.05) is 0 Å². The summed E-state index contributed by atoms with van der Waals surface area (Å²) in [6.45, 7) is 5.18. The van der Waals surface area contributed by atoms with E-state index >= 15 is 0 Å². The van der Waals surface area contributed by atoms with Gasteiger partial charge in [-0.25, -0.2) is 0 Å². The molecular formula is C23H29NO. The molecule has 0 spiro atoms. The molecule has 0 aliphatic heterocycles. The number of furan rings is 1. The van der Waals surface area contributed by atoms with Crippen molar-refractivity contribution in [2.24, 2.45) is 17.8 Å². The van der Waals surface area contributed by atoms with Crippen molar-refractivity contribution in [3.05, 3.63) is 47.2 Å². The third-order valence-electron chi connectivity index (χ3n) is 6.98. The Labute approximate surface area is 151 Å². The standard InChI is InChI=1S/C23H29NO/c1-15-3-5-21(16(2)7-15)22-6-4-20(25-22)14-24-23-11-17-8-18(12-23)10-19(9-17)13-23/h3-7,17-19,24H,8-14H2,1-2H3. The average molecular weight is 335 g/mol. The number of hydrogen-bond donors (Lipinski definition) is 1. The van der Waals surface area contributed by atoms with Gasteiger partial charge in [-0.05, 0) is 87.8 Å². The minimum absolute atomic E-state index is 0.404. The highest BCUT2D eigenvalue weighted by Crippen LogP contribution is 2.55. The molecule has 2 nitrogen and oxygen atoms in total. The van der Waals surface area contributed by atoms with Crippen molar-refractivity contribution >= 4 is 0 Å². The van der Waals surface area contributed by atoms with Gasteiger partial charge >= 0.3 is 0 Å². The summed E-state index contributed by atoms with van der Waals surface area (Å²) in [6, 6.07) is 10.9. The van der Waals surface area contributed by atoms with Crippen LogP contribution in [0.25, 0.3) is 11.3 Å². The maximum Gasteiger partial charge on any atom is 0.134 e. The molecule has 0 atom stereocenters. The van der Waals surface area contributed by atoms with E-state index in [1.165, 1.54) is 55.2 Å². The smallest absolute Gasteiger partial charge is 0.134 e. The van der Waals surface area contributed by atoms with Crippen molar-refractivity contribution in [3.8, 4) is 11.3 Å². The molecule has 0 amide bonds. The van der Waals surface area contributed by atoms with Crippen molar-refractivity contribution in [1.29, 1.82) is 0 Å². The Balaban J connectivity index is 1.30. The van der Waals surface area contributed by atoms with Crippen molar-refractivity contribution < 1.29 is 4.42 Å². The largest absolute Gasteiger partial charge is 0.460 e. The highest BCUT2D eigenvalue weighted by atomic mass is 16.3. The fourth-order valence-corrected chi connectivity index (χ4v) is 6.31. The highest BCUT2D eigenvalue weighted by molar-refractivity contribution is 5.62. The fraction of sp³-hybridized carbons (Fsp3) is 0.565. The van der Waals surface area contributed by atoms with E-state index in [-0.39, 0.29) is 0 Å². The van der Waals surface area contributed by atoms with Gasteiger partial charge in [0.05, 0.1) is 6.54 Å². The van der Waals surface area contributed by atoms with Crippen LogP contribution < -0.4 is 5.32 Å². The molecule has 0 saturated heterocycles. The van der Waals surface area contributed by atoms with Crippen molar-refractivity contribution in [1.82, 2.24) is 5.32 Å². The second kappa shape index (κ2) is 5.74. The summed E-state index contributed by atoms with van der Waals surface area (Å²) in [6.07, 6.45) is 8.67. The van der Waals surface area contributed by atoms with E-state index in [9.17, 15) is 0 Å². The molecule has 132 valence electrons. The summed E-state index contributed by atoms with van der Waals surface area (Å²) in [4.78, 5) is 0. The number of hydrogen-bond acceptors (Lipinski definition) is 2. The first-order chi connectivity index (χ1) is 12.1. The van der Waals surface area contributed by atoms with Crippen LogP contribution in [-0.4, -0.2) is 5.54 Å². The zero-order chi connectivity index (χ0) is 17.0. The fourth-order valence-electron chi connectivity index (χ4n) is 6.31. The molecule has 4 fully saturated rings. The summed E-state index contributed by atoms with van der Waals surface area (Å²) in [5, 5.41) is 3.94. The predicted octanol–water partition coefficient (Wildman–Crippen LogP) is 5.62. The number of rotatable bonds is 4. The van der Waals surface area contributed by atoms with E-state index in [2.05, 4.69) is 49.5 Å². The van der Waals surface area contributed by atoms with Gasteiger partial charge in [0.15, 0.2) is 0 Å². The monoisotopic (exact) mass is 335 g/mol. The lowest BCUT2D eigenvalue weighted by Crippen LogP contribution is -2.58. The van der Waals surface area contributed by atoms with Gasteiger partial charge in [-0.15, -0.1) is 0 Å². The first-order valence-corrected chi connectivity index (χ1v) is 10.00. The number of aryl methyl sites for hydroxylation is 2. The van der Waals surface area contributed by atoms with Crippen LogP contribution >= 0.6 is 0 Å². The maximum atomic E-state index is 6.19. The molecule has 1 aromatic heterocycles. The Morgan fingerprint density at radius 3 is 2.28 bits per heavy atom. The van der Waals surface area contributed by atoms with Crippen LogP contribution in [0.1, 0.15) is 55.4 Å². The lowest BCUT2D eigenvalue weighted by atomic mass is 9.53. The van der Waals surface area contributed by atoms with Gasteiger partial charge in [-0.2, -0.15) is 0 Å². The highest BCUT2D eigenvalue weighted by Gasteiger charge is 2.50. The van der Waals surface area contributed by atoms with E-state index < -0.39 is 0 Å². The van der Waals surface area contributed by atoms with Crippen LogP contribution in [0, 0.1) is 31.6 Å². The molecule has 4 aliphatic rings. The molecule has 6 rings (SSSR count). The molecule has 1 heterocycles. The van der Waals surface area contributed by atoms with Gasteiger partial charge in [0.2, 0.25) is 0 Å². The predicted molar refractivity (Wildman–Crippen MR) is 101 cm³/mol. The summed E-state index contributed by atoms with van der Waals surface area (Å²) in [7, 11) is 0. The van der Waals surface area contributed by atoms with Crippen LogP contribution in [-0.2, 0) is 6.54 Å². The van der Waals surface area contributed by atoms with Crippen molar-refractivity contribution in [2.75, 3.05) is 0 Å². The third kappa shape index (κ3) is 2.85. The Kier molecular flexibility index (Phi) is 3.60. The van der Waals surface area contributed by atoms with E-state index in [4.69, 9.17) is 4.42 Å². The summed E-state index contributed by atoms with van der Waals surface area (Å²) < 4.78 is 6.19. The molecule has 4 saturated carbocycles. The van der Waals surface area contributed by atoms with Gasteiger partial charge in [-0.3, -0.25) is 0 Å². The first kappa shape index (κ1) is 15.7. The minimum atomic E-state index is 0.404. The van der Waals surface area contributed by atoms with Crippen molar-refractivity contribution in [2.45, 2.75) is 64.5 Å². The zero-order valence-corrected chi connectivity index (χ0v) is 15.5. The molecule has 1 N–H and O–H groups in total. The Morgan fingerprint density at radius 1 is 0.960 bits per heavy atom. The molecule has 1 aromatic carbocycles. The van der Waals surface area contributed by atoms with Crippen LogP contribution in [0.2, 0.25) is 0 Å². The molecular weight excluding hydrogens is 306 g/mol. The van der Waals surface area contributed by atoms with Crippen molar-refractivity contribution in [3.63, 3.8) is 0 Å². The van der Waals surface area contributed by atoms with Gasteiger partial charge in [0.1, 0.15) is 11.5 Å². The number of benzene rings is 1. The normalized spacial score (nSPS) is 33.1. The average Bonchev–Trinajstić information content (AvgIpc) is 3.00. The van der Waals surface area contributed by atoms with Crippen LogP contribution in [0.3, 0.4) is 0 Å². The molecule has 2 heteroatoms. The lowest BCUT2D eigenvalue weighted by Gasteiger charge is -2.57. The van der Waals surface area contributed by atoms with Crippen LogP contribution in [0.15, 0.2) is 34.7 Å². The van der Waals surface area contributed by atoms with Gasteiger partial charge < -0.3 is 9.73 Å². The number of nitrogens with one attached hydrogen (secondary N) is 1. The zero-order valence-electron chi connectivity index (χ0n) is 15.5. The van der Waals surface area contributed by atoms with Gasteiger partial charge in [0.25, 0.3) is 0 Å². The quantitative estimate of drug-likeness (QED) is 0.784. The van der Waals surface area contributed by atoms with Gasteiger partial charge in [0, 0.05) is 11.1 Å². The van der Waals surface area contributed by atoms with Gasteiger partial charge in [-0.1, -0.05) is 23.8 Å².